The van der Waals surface area contributed by atoms with E-state index in [4.69, 9.17) is 4.74 Å². The average Bonchev–Trinajstić information content (AvgIpc) is 2.45. The third-order valence-electron chi connectivity index (χ3n) is 3.19. The SMILES string of the molecule is CCCC(C)COc1nc(NCC)nc2ccccc12. The molecule has 0 saturated heterocycles. The summed E-state index contributed by atoms with van der Waals surface area (Å²) in [4.78, 5) is 8.97. The molecule has 1 atom stereocenters. The first-order valence-corrected chi connectivity index (χ1v) is 7.38. The van der Waals surface area contributed by atoms with Crippen molar-refractivity contribution in [2.75, 3.05) is 18.5 Å². The molecule has 0 bridgehead atoms. The molecule has 1 aromatic heterocycles. The number of para-hydroxylation sites is 1. The van der Waals surface area contributed by atoms with Crippen molar-refractivity contribution in [1.82, 2.24) is 9.97 Å². The van der Waals surface area contributed by atoms with Crippen molar-refractivity contribution in [2.45, 2.75) is 33.6 Å². The van der Waals surface area contributed by atoms with Crippen molar-refractivity contribution in [3.05, 3.63) is 24.3 Å². The fourth-order valence-corrected chi connectivity index (χ4v) is 2.19. The molecule has 0 aliphatic heterocycles. The summed E-state index contributed by atoms with van der Waals surface area (Å²) in [5, 5.41) is 4.12. The molecule has 108 valence electrons. The summed E-state index contributed by atoms with van der Waals surface area (Å²) in [6, 6.07) is 7.96. The van der Waals surface area contributed by atoms with Crippen LogP contribution in [-0.4, -0.2) is 23.1 Å². The molecule has 1 N–H and O–H groups in total. The average molecular weight is 273 g/mol. The molecule has 0 aliphatic carbocycles. The molecule has 1 unspecified atom stereocenters. The lowest BCUT2D eigenvalue weighted by Crippen LogP contribution is -2.11. The van der Waals surface area contributed by atoms with Crippen LogP contribution in [0, 0.1) is 5.92 Å². The largest absolute Gasteiger partial charge is 0.477 e. The zero-order chi connectivity index (χ0) is 14.4. The molecule has 0 radical (unpaired) electrons. The highest BCUT2D eigenvalue weighted by Gasteiger charge is 2.10. The second-order valence-electron chi connectivity index (χ2n) is 5.10. The summed E-state index contributed by atoms with van der Waals surface area (Å²) in [6.45, 7) is 7.92. The molecule has 0 aliphatic rings. The first-order valence-electron chi connectivity index (χ1n) is 7.38. The van der Waals surface area contributed by atoms with E-state index in [2.05, 4.69) is 29.1 Å². The van der Waals surface area contributed by atoms with Gasteiger partial charge in [0.1, 0.15) is 0 Å². The third-order valence-corrected chi connectivity index (χ3v) is 3.19. The lowest BCUT2D eigenvalue weighted by molar-refractivity contribution is 0.246. The Morgan fingerprint density at radius 3 is 2.75 bits per heavy atom. The van der Waals surface area contributed by atoms with Gasteiger partial charge in [0.25, 0.3) is 0 Å². The van der Waals surface area contributed by atoms with Gasteiger partial charge in [0, 0.05) is 6.54 Å². The molecule has 0 fully saturated rings. The molecule has 4 nitrogen and oxygen atoms in total. The van der Waals surface area contributed by atoms with Crippen LogP contribution in [0.2, 0.25) is 0 Å². The molecule has 0 saturated carbocycles. The van der Waals surface area contributed by atoms with E-state index in [-0.39, 0.29) is 0 Å². The van der Waals surface area contributed by atoms with E-state index in [9.17, 15) is 0 Å². The highest BCUT2D eigenvalue weighted by Crippen LogP contribution is 2.24. The van der Waals surface area contributed by atoms with Crippen LogP contribution in [0.1, 0.15) is 33.6 Å². The number of fused-ring (bicyclic) bond motifs is 1. The first-order chi connectivity index (χ1) is 9.74. The van der Waals surface area contributed by atoms with Gasteiger partial charge in [0.05, 0.1) is 17.5 Å². The normalized spacial score (nSPS) is 12.3. The van der Waals surface area contributed by atoms with Crippen LogP contribution in [-0.2, 0) is 0 Å². The van der Waals surface area contributed by atoms with Crippen LogP contribution >= 0.6 is 0 Å². The van der Waals surface area contributed by atoms with E-state index >= 15 is 0 Å². The van der Waals surface area contributed by atoms with Crippen molar-refractivity contribution in [1.29, 1.82) is 0 Å². The van der Waals surface area contributed by atoms with Gasteiger partial charge in [-0.3, -0.25) is 0 Å². The van der Waals surface area contributed by atoms with Crippen LogP contribution in [0.4, 0.5) is 5.95 Å². The molecule has 0 amide bonds. The van der Waals surface area contributed by atoms with Crippen LogP contribution in [0.3, 0.4) is 0 Å². The highest BCUT2D eigenvalue weighted by molar-refractivity contribution is 5.84. The first kappa shape index (κ1) is 14.6. The second-order valence-corrected chi connectivity index (χ2v) is 5.10. The van der Waals surface area contributed by atoms with E-state index in [0.717, 1.165) is 17.4 Å². The number of nitrogens with zero attached hydrogens (tertiary/aromatic N) is 2. The Labute approximate surface area is 120 Å². The van der Waals surface area contributed by atoms with E-state index in [1.54, 1.807) is 0 Å². The Morgan fingerprint density at radius 2 is 2.00 bits per heavy atom. The summed E-state index contributed by atoms with van der Waals surface area (Å²) < 4.78 is 5.93. The Kier molecular flexibility index (Phi) is 5.16. The molecular weight excluding hydrogens is 250 g/mol. The van der Waals surface area contributed by atoms with Crippen LogP contribution in [0.25, 0.3) is 10.9 Å². The van der Waals surface area contributed by atoms with E-state index in [0.29, 0.717) is 24.4 Å². The molecule has 0 spiro atoms. The summed E-state index contributed by atoms with van der Waals surface area (Å²) >= 11 is 0. The van der Waals surface area contributed by atoms with Crippen molar-refractivity contribution >= 4 is 16.9 Å². The lowest BCUT2D eigenvalue weighted by atomic mass is 10.1. The predicted molar refractivity (Wildman–Crippen MR) is 83.3 cm³/mol. The van der Waals surface area contributed by atoms with Crippen LogP contribution < -0.4 is 10.1 Å². The van der Waals surface area contributed by atoms with E-state index in [1.807, 2.05) is 31.2 Å². The Morgan fingerprint density at radius 1 is 1.20 bits per heavy atom. The number of hydrogen-bond donors (Lipinski definition) is 1. The summed E-state index contributed by atoms with van der Waals surface area (Å²) in [5.41, 5.74) is 0.914. The Balaban J connectivity index is 2.25. The van der Waals surface area contributed by atoms with Crippen LogP contribution in [0.5, 0.6) is 5.88 Å². The number of ether oxygens (including phenoxy) is 1. The minimum Gasteiger partial charge on any atom is -0.477 e. The molecule has 1 heterocycles. The number of rotatable bonds is 7. The zero-order valence-corrected chi connectivity index (χ0v) is 12.5. The number of benzene rings is 1. The molecule has 20 heavy (non-hydrogen) atoms. The zero-order valence-electron chi connectivity index (χ0n) is 12.5. The maximum atomic E-state index is 5.93. The van der Waals surface area contributed by atoms with Crippen molar-refractivity contribution in [3.63, 3.8) is 0 Å². The van der Waals surface area contributed by atoms with Gasteiger partial charge in [-0.2, -0.15) is 4.98 Å². The summed E-state index contributed by atoms with van der Waals surface area (Å²) in [5.74, 6) is 1.84. The fourth-order valence-electron chi connectivity index (χ4n) is 2.19. The lowest BCUT2D eigenvalue weighted by Gasteiger charge is -2.14. The van der Waals surface area contributed by atoms with Crippen molar-refractivity contribution < 1.29 is 4.74 Å². The third kappa shape index (κ3) is 3.59. The van der Waals surface area contributed by atoms with Gasteiger partial charge in [0.2, 0.25) is 11.8 Å². The van der Waals surface area contributed by atoms with Gasteiger partial charge in [0.15, 0.2) is 0 Å². The van der Waals surface area contributed by atoms with E-state index < -0.39 is 0 Å². The van der Waals surface area contributed by atoms with Gasteiger partial charge >= 0.3 is 0 Å². The topological polar surface area (TPSA) is 47.0 Å². The predicted octanol–water partition coefficient (Wildman–Crippen LogP) is 3.88. The second kappa shape index (κ2) is 7.08. The number of aromatic nitrogens is 2. The van der Waals surface area contributed by atoms with Crippen molar-refractivity contribution in [2.24, 2.45) is 5.92 Å². The number of nitrogens with one attached hydrogen (secondary N) is 1. The van der Waals surface area contributed by atoms with Gasteiger partial charge in [-0.05, 0) is 31.4 Å². The fraction of sp³-hybridized carbons (Fsp3) is 0.500. The summed E-state index contributed by atoms with van der Waals surface area (Å²) in [6.07, 6.45) is 2.35. The maximum absolute atomic E-state index is 5.93. The molecule has 4 heteroatoms. The summed E-state index contributed by atoms with van der Waals surface area (Å²) in [7, 11) is 0. The van der Waals surface area contributed by atoms with Gasteiger partial charge in [-0.1, -0.05) is 32.4 Å². The number of anilines is 1. The standard InChI is InChI=1S/C16H23N3O/c1-4-8-12(3)11-20-15-13-9-6-7-10-14(13)18-16(19-15)17-5-2/h6-7,9-10,12H,4-5,8,11H2,1-3H3,(H,17,18,19). The van der Waals surface area contributed by atoms with Gasteiger partial charge < -0.3 is 10.1 Å². The minimum absolute atomic E-state index is 0.538. The van der Waals surface area contributed by atoms with Crippen LogP contribution in [0.15, 0.2) is 24.3 Å². The maximum Gasteiger partial charge on any atom is 0.226 e. The molecule has 2 aromatic rings. The monoisotopic (exact) mass is 273 g/mol. The van der Waals surface area contributed by atoms with Gasteiger partial charge in [-0.15, -0.1) is 0 Å². The molecule has 2 rings (SSSR count). The number of hydrogen-bond acceptors (Lipinski definition) is 4. The van der Waals surface area contributed by atoms with Gasteiger partial charge in [-0.25, -0.2) is 4.98 Å². The molecular formula is C16H23N3O. The smallest absolute Gasteiger partial charge is 0.226 e. The highest BCUT2D eigenvalue weighted by atomic mass is 16.5. The quantitative estimate of drug-likeness (QED) is 0.831. The van der Waals surface area contributed by atoms with Crippen molar-refractivity contribution in [3.8, 4) is 5.88 Å². The Hall–Kier alpha value is -1.84. The minimum atomic E-state index is 0.538. The molecule has 1 aromatic carbocycles. The Bertz CT molecular complexity index is 556. The van der Waals surface area contributed by atoms with E-state index in [1.165, 1.54) is 12.8 Å².